The number of anilines is 1. The van der Waals surface area contributed by atoms with Crippen molar-refractivity contribution < 1.29 is 19.1 Å². The molecule has 1 aliphatic rings. The van der Waals surface area contributed by atoms with Gasteiger partial charge in [-0.15, -0.1) is 0 Å². The highest BCUT2D eigenvalue weighted by molar-refractivity contribution is 5.94. The number of hydrogen-bond acceptors (Lipinski definition) is 3. The van der Waals surface area contributed by atoms with Crippen LogP contribution in [0, 0.1) is 5.82 Å². The van der Waals surface area contributed by atoms with Crippen LogP contribution in [-0.2, 0) is 11.3 Å². The predicted octanol–water partition coefficient (Wildman–Crippen LogP) is 2.11. The number of amides is 3. The van der Waals surface area contributed by atoms with E-state index in [4.69, 9.17) is 0 Å². The minimum absolute atomic E-state index is 0.0906. The van der Waals surface area contributed by atoms with E-state index in [-0.39, 0.29) is 31.2 Å². The van der Waals surface area contributed by atoms with Crippen LogP contribution in [0.3, 0.4) is 0 Å². The average Bonchev–Trinajstić information content (AvgIpc) is 3.04. The number of urea groups is 1. The summed E-state index contributed by atoms with van der Waals surface area (Å²) in [5, 5.41) is 15.4. The van der Waals surface area contributed by atoms with Gasteiger partial charge in [0.15, 0.2) is 0 Å². The standard InChI is InChI=1S/C19H20FN3O3/c20-14-8-6-13(7-9-14)11-21-18(25)17-10-16(24)12-23(17)19(26)22-15-4-2-1-3-5-15/h1-9,16-17,24H,10-12H2,(H,21,25)(H,22,26)/t16-,17-/m0/s1. The smallest absolute Gasteiger partial charge is 0.322 e. The first kappa shape index (κ1) is 17.9. The van der Waals surface area contributed by atoms with Gasteiger partial charge in [0.1, 0.15) is 11.9 Å². The molecule has 1 heterocycles. The second-order valence-electron chi connectivity index (χ2n) is 6.20. The van der Waals surface area contributed by atoms with Crippen molar-refractivity contribution >= 4 is 17.6 Å². The quantitative estimate of drug-likeness (QED) is 0.784. The van der Waals surface area contributed by atoms with Gasteiger partial charge in [-0.05, 0) is 29.8 Å². The molecule has 0 unspecified atom stereocenters. The maximum atomic E-state index is 12.9. The highest BCUT2D eigenvalue weighted by Crippen LogP contribution is 2.20. The third-order valence-corrected chi connectivity index (χ3v) is 4.25. The zero-order valence-corrected chi connectivity index (χ0v) is 14.1. The Balaban J connectivity index is 1.61. The second-order valence-corrected chi connectivity index (χ2v) is 6.20. The first-order valence-electron chi connectivity index (χ1n) is 8.36. The summed E-state index contributed by atoms with van der Waals surface area (Å²) in [6.45, 7) is 0.313. The van der Waals surface area contributed by atoms with Crippen molar-refractivity contribution in [2.24, 2.45) is 0 Å². The molecule has 0 aromatic heterocycles. The molecule has 26 heavy (non-hydrogen) atoms. The van der Waals surface area contributed by atoms with Gasteiger partial charge in [0.2, 0.25) is 5.91 Å². The van der Waals surface area contributed by atoms with E-state index in [9.17, 15) is 19.1 Å². The van der Waals surface area contributed by atoms with E-state index in [0.717, 1.165) is 5.56 Å². The van der Waals surface area contributed by atoms with Gasteiger partial charge in [0, 0.05) is 25.2 Å². The fourth-order valence-corrected chi connectivity index (χ4v) is 2.91. The van der Waals surface area contributed by atoms with E-state index in [1.165, 1.54) is 17.0 Å². The van der Waals surface area contributed by atoms with E-state index in [0.29, 0.717) is 5.69 Å². The van der Waals surface area contributed by atoms with Crippen LogP contribution in [0.15, 0.2) is 54.6 Å². The van der Waals surface area contributed by atoms with Crippen LogP contribution in [0.25, 0.3) is 0 Å². The molecule has 3 N–H and O–H groups in total. The third kappa shape index (κ3) is 4.37. The van der Waals surface area contributed by atoms with Crippen molar-refractivity contribution in [1.29, 1.82) is 0 Å². The third-order valence-electron chi connectivity index (χ3n) is 4.25. The number of carbonyl (C=O) groups is 2. The fourth-order valence-electron chi connectivity index (χ4n) is 2.91. The van der Waals surface area contributed by atoms with E-state index in [1.54, 1.807) is 36.4 Å². The van der Waals surface area contributed by atoms with Crippen molar-refractivity contribution in [2.75, 3.05) is 11.9 Å². The Hall–Kier alpha value is -2.93. The molecule has 6 nitrogen and oxygen atoms in total. The summed E-state index contributed by atoms with van der Waals surface area (Å²) in [4.78, 5) is 26.3. The zero-order chi connectivity index (χ0) is 18.5. The predicted molar refractivity (Wildman–Crippen MR) is 94.8 cm³/mol. The maximum absolute atomic E-state index is 12.9. The lowest BCUT2D eigenvalue weighted by Gasteiger charge is -2.24. The number of nitrogens with one attached hydrogen (secondary N) is 2. The van der Waals surface area contributed by atoms with Gasteiger partial charge in [-0.2, -0.15) is 0 Å². The molecule has 3 rings (SSSR count). The molecule has 136 valence electrons. The minimum Gasteiger partial charge on any atom is -0.391 e. The summed E-state index contributed by atoms with van der Waals surface area (Å²) in [5.74, 6) is -0.697. The van der Waals surface area contributed by atoms with Gasteiger partial charge in [-0.25, -0.2) is 9.18 Å². The number of aliphatic hydroxyl groups is 1. The molecule has 1 aliphatic heterocycles. The summed E-state index contributed by atoms with van der Waals surface area (Å²) in [5.41, 5.74) is 1.36. The average molecular weight is 357 g/mol. The Morgan fingerprint density at radius 1 is 1.12 bits per heavy atom. The summed E-state index contributed by atoms with van der Waals surface area (Å²) in [6, 6.07) is 13.5. The van der Waals surface area contributed by atoms with Gasteiger partial charge in [0.25, 0.3) is 0 Å². The van der Waals surface area contributed by atoms with Crippen molar-refractivity contribution in [1.82, 2.24) is 10.2 Å². The number of likely N-dealkylation sites (tertiary alicyclic amines) is 1. The van der Waals surface area contributed by atoms with E-state index in [1.807, 2.05) is 6.07 Å². The van der Waals surface area contributed by atoms with E-state index in [2.05, 4.69) is 10.6 Å². The van der Waals surface area contributed by atoms with Crippen LogP contribution in [-0.4, -0.2) is 40.6 Å². The summed E-state index contributed by atoms with van der Waals surface area (Å²) < 4.78 is 12.9. The molecule has 0 bridgehead atoms. The van der Waals surface area contributed by atoms with Gasteiger partial charge in [-0.3, -0.25) is 4.79 Å². The molecular weight excluding hydrogens is 337 g/mol. The first-order chi connectivity index (χ1) is 12.5. The van der Waals surface area contributed by atoms with Crippen LogP contribution in [0.5, 0.6) is 0 Å². The number of nitrogens with zero attached hydrogens (tertiary/aromatic N) is 1. The molecular formula is C19H20FN3O3. The van der Waals surface area contributed by atoms with Crippen molar-refractivity contribution in [2.45, 2.75) is 25.1 Å². The van der Waals surface area contributed by atoms with Crippen LogP contribution >= 0.6 is 0 Å². The molecule has 0 saturated carbocycles. The molecule has 1 fully saturated rings. The lowest BCUT2D eigenvalue weighted by atomic mass is 10.1. The molecule has 0 radical (unpaired) electrons. The Kier molecular flexibility index (Phi) is 5.48. The summed E-state index contributed by atoms with van der Waals surface area (Å²) >= 11 is 0. The number of rotatable bonds is 4. The van der Waals surface area contributed by atoms with Crippen LogP contribution in [0.1, 0.15) is 12.0 Å². The number of hydrogen-bond donors (Lipinski definition) is 3. The molecule has 3 amide bonds. The van der Waals surface area contributed by atoms with Gasteiger partial charge >= 0.3 is 6.03 Å². The number of para-hydroxylation sites is 1. The van der Waals surface area contributed by atoms with Crippen molar-refractivity contribution in [3.05, 3.63) is 66.0 Å². The highest BCUT2D eigenvalue weighted by atomic mass is 19.1. The molecule has 7 heteroatoms. The second kappa shape index (κ2) is 7.97. The molecule has 2 atom stereocenters. The van der Waals surface area contributed by atoms with Crippen LogP contribution < -0.4 is 10.6 Å². The number of benzene rings is 2. The Labute approximate surface area is 150 Å². The number of halogens is 1. The van der Waals surface area contributed by atoms with Gasteiger partial charge < -0.3 is 20.6 Å². The maximum Gasteiger partial charge on any atom is 0.322 e. The molecule has 1 saturated heterocycles. The topological polar surface area (TPSA) is 81.7 Å². The number of β-amino-alcohol motifs (C(OH)–C–C–N with tert-alkyl or cyclic N) is 1. The van der Waals surface area contributed by atoms with Crippen LogP contribution in [0.2, 0.25) is 0 Å². The van der Waals surface area contributed by atoms with E-state index >= 15 is 0 Å². The summed E-state index contributed by atoms with van der Waals surface area (Å²) in [7, 11) is 0. The van der Waals surface area contributed by atoms with Crippen molar-refractivity contribution in [3.8, 4) is 0 Å². The lowest BCUT2D eigenvalue weighted by molar-refractivity contribution is -0.124. The molecule has 2 aromatic carbocycles. The van der Waals surface area contributed by atoms with Crippen LogP contribution in [0.4, 0.5) is 14.9 Å². The Bertz CT molecular complexity index is 767. The Morgan fingerprint density at radius 3 is 2.50 bits per heavy atom. The lowest BCUT2D eigenvalue weighted by Crippen LogP contribution is -2.47. The molecule has 2 aromatic rings. The monoisotopic (exact) mass is 357 g/mol. The minimum atomic E-state index is -0.755. The normalized spacial score (nSPS) is 19.2. The Morgan fingerprint density at radius 2 is 1.81 bits per heavy atom. The SMILES string of the molecule is O=C(NCc1ccc(F)cc1)[C@@H]1C[C@H](O)CN1C(=O)Nc1ccccc1. The number of aliphatic hydroxyl groups excluding tert-OH is 1. The summed E-state index contributed by atoms with van der Waals surface area (Å²) in [6.07, 6.45) is -0.574. The largest absolute Gasteiger partial charge is 0.391 e. The fraction of sp³-hybridized carbons (Fsp3) is 0.263. The highest BCUT2D eigenvalue weighted by Gasteiger charge is 2.38. The van der Waals surface area contributed by atoms with Crippen molar-refractivity contribution in [3.63, 3.8) is 0 Å². The molecule has 0 spiro atoms. The zero-order valence-electron chi connectivity index (χ0n) is 14.1. The molecule has 0 aliphatic carbocycles. The van der Waals surface area contributed by atoms with E-state index < -0.39 is 18.2 Å². The first-order valence-corrected chi connectivity index (χ1v) is 8.36. The number of carbonyl (C=O) groups excluding carboxylic acids is 2. The van der Waals surface area contributed by atoms with Gasteiger partial charge in [0.05, 0.1) is 6.10 Å². The van der Waals surface area contributed by atoms with Gasteiger partial charge in [-0.1, -0.05) is 30.3 Å².